The minimum atomic E-state index is -0.781. The summed E-state index contributed by atoms with van der Waals surface area (Å²) in [7, 11) is 0. The van der Waals surface area contributed by atoms with E-state index in [1.54, 1.807) is 6.08 Å². The van der Waals surface area contributed by atoms with Crippen LogP contribution in [0.2, 0.25) is 0 Å². The van der Waals surface area contributed by atoms with E-state index in [4.69, 9.17) is 9.84 Å². The second kappa shape index (κ2) is 6.17. The summed E-state index contributed by atoms with van der Waals surface area (Å²) in [5.41, 5.74) is -0.110. The molecule has 0 aromatic heterocycles. The zero-order valence-corrected chi connectivity index (χ0v) is 10.8. The van der Waals surface area contributed by atoms with Crippen LogP contribution in [0.4, 0.5) is 0 Å². The van der Waals surface area contributed by atoms with Gasteiger partial charge in [-0.05, 0) is 26.2 Å². The number of carbonyl (C=O) groups is 1. The van der Waals surface area contributed by atoms with Crippen molar-refractivity contribution >= 4 is 5.97 Å². The molecule has 1 rings (SSSR count). The van der Waals surface area contributed by atoms with Crippen molar-refractivity contribution in [3.05, 3.63) is 12.7 Å². The molecule has 0 aromatic carbocycles. The number of carboxylic acids is 1. The van der Waals surface area contributed by atoms with Crippen LogP contribution in [-0.2, 0) is 9.53 Å². The molecule has 0 radical (unpaired) electrons. The molecule has 4 nitrogen and oxygen atoms in total. The number of ether oxygens (including phenoxy) is 1. The van der Waals surface area contributed by atoms with E-state index < -0.39 is 5.97 Å². The number of rotatable bonds is 6. The summed E-state index contributed by atoms with van der Waals surface area (Å²) in [4.78, 5) is 12.8. The Hall–Kier alpha value is -0.870. The number of hydrogen-bond acceptors (Lipinski definition) is 3. The van der Waals surface area contributed by atoms with Crippen molar-refractivity contribution in [3.8, 4) is 0 Å². The number of carboxylic acid groups (broad SMARTS) is 1. The monoisotopic (exact) mass is 241 g/mol. The topological polar surface area (TPSA) is 49.8 Å². The maximum Gasteiger partial charge on any atom is 0.317 e. The van der Waals surface area contributed by atoms with Gasteiger partial charge < -0.3 is 9.84 Å². The Bertz CT molecular complexity index is 280. The fourth-order valence-electron chi connectivity index (χ4n) is 2.34. The molecule has 4 heteroatoms. The van der Waals surface area contributed by atoms with Crippen molar-refractivity contribution in [3.63, 3.8) is 0 Å². The van der Waals surface area contributed by atoms with Crippen LogP contribution in [0.5, 0.6) is 0 Å². The maximum absolute atomic E-state index is 10.9. The molecule has 2 atom stereocenters. The predicted octanol–water partition coefficient (Wildman–Crippen LogP) is 1.91. The highest BCUT2D eigenvalue weighted by atomic mass is 16.5. The quantitative estimate of drug-likeness (QED) is 0.722. The van der Waals surface area contributed by atoms with Crippen molar-refractivity contribution in [2.45, 2.75) is 44.8 Å². The van der Waals surface area contributed by atoms with Gasteiger partial charge in [-0.2, -0.15) is 0 Å². The van der Waals surface area contributed by atoms with Gasteiger partial charge in [-0.25, -0.2) is 0 Å². The van der Waals surface area contributed by atoms with Crippen LogP contribution >= 0.6 is 0 Å². The molecule has 1 saturated heterocycles. The molecule has 0 bridgehead atoms. The first-order valence-corrected chi connectivity index (χ1v) is 6.21. The fourth-order valence-corrected chi connectivity index (χ4v) is 2.34. The highest BCUT2D eigenvalue weighted by Gasteiger charge is 2.34. The van der Waals surface area contributed by atoms with Crippen LogP contribution < -0.4 is 0 Å². The second-order valence-electron chi connectivity index (χ2n) is 4.91. The third-order valence-corrected chi connectivity index (χ3v) is 3.54. The number of aliphatic carboxylic acids is 1. The van der Waals surface area contributed by atoms with E-state index in [0.717, 1.165) is 19.3 Å². The van der Waals surface area contributed by atoms with Gasteiger partial charge in [0.15, 0.2) is 0 Å². The van der Waals surface area contributed by atoms with Gasteiger partial charge in [0.05, 0.1) is 12.1 Å². The molecule has 1 aliphatic rings. The first kappa shape index (κ1) is 14.2. The molecular formula is C13H23NO3. The standard InChI is InChI=1S/C13H23NO3/c1-4-7-14(10-12(15)16)11-6-8-17-13(3,5-2)9-11/h4,11H,1,5-10H2,2-3H3,(H,15,16). The third kappa shape index (κ3) is 4.13. The minimum Gasteiger partial charge on any atom is -0.480 e. The van der Waals surface area contributed by atoms with Crippen LogP contribution in [0.25, 0.3) is 0 Å². The summed E-state index contributed by atoms with van der Waals surface area (Å²) < 4.78 is 5.78. The summed E-state index contributed by atoms with van der Waals surface area (Å²) >= 11 is 0. The second-order valence-corrected chi connectivity index (χ2v) is 4.91. The van der Waals surface area contributed by atoms with Crippen molar-refractivity contribution in [2.75, 3.05) is 19.7 Å². The lowest BCUT2D eigenvalue weighted by Crippen LogP contribution is -2.48. The first-order chi connectivity index (χ1) is 8.00. The van der Waals surface area contributed by atoms with Gasteiger partial charge in [-0.3, -0.25) is 9.69 Å². The Morgan fingerprint density at radius 2 is 2.41 bits per heavy atom. The normalized spacial score (nSPS) is 29.2. The highest BCUT2D eigenvalue weighted by Crippen LogP contribution is 2.30. The molecule has 1 heterocycles. The lowest BCUT2D eigenvalue weighted by Gasteiger charge is -2.42. The van der Waals surface area contributed by atoms with Crippen LogP contribution in [0.15, 0.2) is 12.7 Å². The van der Waals surface area contributed by atoms with E-state index in [2.05, 4.69) is 20.4 Å². The van der Waals surface area contributed by atoms with Crippen molar-refractivity contribution in [1.82, 2.24) is 4.90 Å². The Labute approximate surface area is 103 Å². The van der Waals surface area contributed by atoms with Gasteiger partial charge in [0.25, 0.3) is 0 Å². The summed E-state index contributed by atoms with van der Waals surface area (Å²) in [6, 6.07) is 0.280. The largest absolute Gasteiger partial charge is 0.480 e. The third-order valence-electron chi connectivity index (χ3n) is 3.54. The van der Waals surface area contributed by atoms with Crippen molar-refractivity contribution in [2.24, 2.45) is 0 Å². The fraction of sp³-hybridized carbons (Fsp3) is 0.769. The van der Waals surface area contributed by atoms with Gasteiger partial charge >= 0.3 is 5.97 Å². The molecule has 98 valence electrons. The zero-order valence-electron chi connectivity index (χ0n) is 10.8. The Balaban J connectivity index is 2.66. The first-order valence-electron chi connectivity index (χ1n) is 6.21. The maximum atomic E-state index is 10.9. The lowest BCUT2D eigenvalue weighted by atomic mass is 9.89. The van der Waals surface area contributed by atoms with E-state index in [0.29, 0.717) is 13.2 Å². The van der Waals surface area contributed by atoms with Gasteiger partial charge in [-0.1, -0.05) is 13.0 Å². The zero-order chi connectivity index (χ0) is 12.9. The van der Waals surface area contributed by atoms with Crippen LogP contribution in [0, 0.1) is 0 Å². The molecule has 0 spiro atoms. The van der Waals surface area contributed by atoms with E-state index in [-0.39, 0.29) is 18.2 Å². The summed E-state index contributed by atoms with van der Waals surface area (Å²) in [6.07, 6.45) is 4.52. The molecule has 1 fully saturated rings. The van der Waals surface area contributed by atoms with E-state index in [1.807, 2.05) is 4.90 Å². The predicted molar refractivity (Wildman–Crippen MR) is 67.1 cm³/mol. The van der Waals surface area contributed by atoms with Gasteiger partial charge in [-0.15, -0.1) is 6.58 Å². The average Bonchev–Trinajstić information content (AvgIpc) is 2.28. The van der Waals surface area contributed by atoms with E-state index in [1.165, 1.54) is 0 Å². The van der Waals surface area contributed by atoms with Crippen LogP contribution in [-0.4, -0.2) is 47.3 Å². The van der Waals surface area contributed by atoms with Crippen LogP contribution in [0.1, 0.15) is 33.1 Å². The molecule has 1 N–H and O–H groups in total. The van der Waals surface area contributed by atoms with E-state index >= 15 is 0 Å². The molecule has 0 amide bonds. The number of nitrogens with zero attached hydrogens (tertiary/aromatic N) is 1. The van der Waals surface area contributed by atoms with Crippen molar-refractivity contribution in [1.29, 1.82) is 0 Å². The highest BCUT2D eigenvalue weighted by molar-refractivity contribution is 5.69. The summed E-state index contributed by atoms with van der Waals surface area (Å²) in [5, 5.41) is 8.92. The van der Waals surface area contributed by atoms with Gasteiger partial charge in [0.1, 0.15) is 0 Å². The van der Waals surface area contributed by atoms with Crippen LogP contribution in [0.3, 0.4) is 0 Å². The molecule has 0 aromatic rings. The summed E-state index contributed by atoms with van der Waals surface area (Å²) in [5.74, 6) is -0.781. The Kier molecular flexibility index (Phi) is 5.15. The summed E-state index contributed by atoms with van der Waals surface area (Å²) in [6.45, 7) is 9.32. The smallest absolute Gasteiger partial charge is 0.317 e. The average molecular weight is 241 g/mol. The molecule has 17 heavy (non-hydrogen) atoms. The lowest BCUT2D eigenvalue weighted by molar-refractivity contribution is -0.141. The molecule has 1 aliphatic heterocycles. The Morgan fingerprint density at radius 3 is 2.94 bits per heavy atom. The number of hydrogen-bond donors (Lipinski definition) is 1. The molecule has 0 saturated carbocycles. The molecule has 0 aliphatic carbocycles. The van der Waals surface area contributed by atoms with Crippen molar-refractivity contribution < 1.29 is 14.6 Å². The van der Waals surface area contributed by atoms with Gasteiger partial charge in [0.2, 0.25) is 0 Å². The molecule has 2 unspecified atom stereocenters. The van der Waals surface area contributed by atoms with Gasteiger partial charge in [0, 0.05) is 19.2 Å². The van der Waals surface area contributed by atoms with E-state index in [9.17, 15) is 4.79 Å². The SMILES string of the molecule is C=CCN(CC(=O)O)C1CCOC(C)(CC)C1. The Morgan fingerprint density at radius 1 is 1.71 bits per heavy atom. The minimum absolute atomic E-state index is 0.0798. The molecular weight excluding hydrogens is 218 g/mol.